The molecule has 2 rings (SSSR count). The molecular formula is C15H26N4O2. The average Bonchev–Trinajstić information content (AvgIpc) is 2.47. The van der Waals surface area contributed by atoms with E-state index in [0.29, 0.717) is 12.6 Å². The Morgan fingerprint density at radius 2 is 2.14 bits per heavy atom. The molecule has 1 aliphatic carbocycles. The lowest BCUT2D eigenvalue weighted by molar-refractivity contribution is 0.199. The highest BCUT2D eigenvalue weighted by Crippen LogP contribution is 2.27. The number of aromatic nitrogens is 2. The molecule has 0 spiro atoms. The summed E-state index contributed by atoms with van der Waals surface area (Å²) in [4.78, 5) is 11.2. The molecule has 0 bridgehead atoms. The zero-order valence-corrected chi connectivity index (χ0v) is 12.8. The number of nitrogens with zero attached hydrogens (tertiary/aromatic N) is 3. The molecular weight excluding hydrogens is 268 g/mol. The minimum absolute atomic E-state index is 0.213. The first kappa shape index (κ1) is 16.1. The van der Waals surface area contributed by atoms with E-state index in [0.717, 1.165) is 37.6 Å². The van der Waals surface area contributed by atoms with Gasteiger partial charge in [-0.1, -0.05) is 0 Å². The monoisotopic (exact) mass is 294 g/mol. The van der Waals surface area contributed by atoms with E-state index in [4.69, 9.17) is 9.84 Å². The SMILES string of the molecule is COCCNCc1cnc(N(CCCO)C2CCC2)nc1. The van der Waals surface area contributed by atoms with Crippen LogP contribution in [0, 0.1) is 0 Å². The molecule has 118 valence electrons. The zero-order valence-electron chi connectivity index (χ0n) is 12.8. The summed E-state index contributed by atoms with van der Waals surface area (Å²) in [6.45, 7) is 3.32. The standard InChI is InChI=1S/C15H26N4O2/c1-21-9-6-16-10-13-11-17-15(18-12-13)19(7-3-8-20)14-4-2-5-14/h11-12,14,16,20H,2-10H2,1H3. The van der Waals surface area contributed by atoms with Crippen LogP contribution in [-0.4, -0.2) is 54.5 Å². The third-order valence-electron chi connectivity index (χ3n) is 3.83. The second-order valence-electron chi connectivity index (χ2n) is 5.42. The van der Waals surface area contributed by atoms with Crippen LogP contribution in [0.25, 0.3) is 0 Å². The Labute approximate surface area is 126 Å². The minimum Gasteiger partial charge on any atom is -0.396 e. The maximum atomic E-state index is 9.03. The molecule has 1 aromatic rings. The summed E-state index contributed by atoms with van der Waals surface area (Å²) in [6.07, 6.45) is 8.21. The van der Waals surface area contributed by atoms with Gasteiger partial charge in [0, 0.05) is 57.3 Å². The summed E-state index contributed by atoms with van der Waals surface area (Å²) >= 11 is 0. The van der Waals surface area contributed by atoms with E-state index in [1.165, 1.54) is 19.3 Å². The highest BCUT2D eigenvalue weighted by atomic mass is 16.5. The average molecular weight is 294 g/mol. The molecule has 0 aromatic carbocycles. The van der Waals surface area contributed by atoms with Gasteiger partial charge >= 0.3 is 0 Å². The number of methoxy groups -OCH3 is 1. The number of ether oxygens (including phenoxy) is 1. The van der Waals surface area contributed by atoms with Gasteiger partial charge < -0.3 is 20.1 Å². The Hall–Kier alpha value is -1.24. The van der Waals surface area contributed by atoms with Crippen molar-refractivity contribution in [1.29, 1.82) is 0 Å². The molecule has 2 N–H and O–H groups in total. The minimum atomic E-state index is 0.213. The predicted octanol–water partition coefficient (Wildman–Crippen LogP) is 0.954. The highest BCUT2D eigenvalue weighted by molar-refractivity contribution is 5.32. The fraction of sp³-hybridized carbons (Fsp3) is 0.733. The second-order valence-corrected chi connectivity index (χ2v) is 5.42. The van der Waals surface area contributed by atoms with Crippen molar-refractivity contribution in [1.82, 2.24) is 15.3 Å². The Morgan fingerprint density at radius 3 is 2.71 bits per heavy atom. The molecule has 21 heavy (non-hydrogen) atoms. The van der Waals surface area contributed by atoms with E-state index < -0.39 is 0 Å². The lowest BCUT2D eigenvalue weighted by Gasteiger charge is -2.37. The molecule has 1 aromatic heterocycles. The Balaban J connectivity index is 1.88. The first-order valence-electron chi connectivity index (χ1n) is 7.73. The molecule has 1 heterocycles. The number of aliphatic hydroxyl groups excluding tert-OH is 1. The van der Waals surface area contributed by atoms with Gasteiger partial charge in [0.1, 0.15) is 0 Å². The molecule has 1 saturated carbocycles. The largest absolute Gasteiger partial charge is 0.396 e. The van der Waals surface area contributed by atoms with Crippen molar-refractivity contribution in [2.24, 2.45) is 0 Å². The first-order valence-corrected chi connectivity index (χ1v) is 7.73. The van der Waals surface area contributed by atoms with E-state index in [2.05, 4.69) is 20.2 Å². The number of anilines is 1. The number of hydrogen-bond acceptors (Lipinski definition) is 6. The number of hydrogen-bond donors (Lipinski definition) is 2. The van der Waals surface area contributed by atoms with Crippen molar-refractivity contribution in [2.75, 3.05) is 38.3 Å². The third-order valence-corrected chi connectivity index (χ3v) is 3.83. The first-order chi connectivity index (χ1) is 10.3. The summed E-state index contributed by atoms with van der Waals surface area (Å²) < 4.78 is 4.99. The van der Waals surface area contributed by atoms with Crippen molar-refractivity contribution < 1.29 is 9.84 Å². The predicted molar refractivity (Wildman–Crippen MR) is 82.3 cm³/mol. The lowest BCUT2D eigenvalue weighted by Crippen LogP contribution is -2.42. The third kappa shape index (κ3) is 4.91. The van der Waals surface area contributed by atoms with Crippen LogP contribution in [0.4, 0.5) is 5.95 Å². The van der Waals surface area contributed by atoms with Gasteiger partial charge in [-0.15, -0.1) is 0 Å². The maximum Gasteiger partial charge on any atom is 0.225 e. The smallest absolute Gasteiger partial charge is 0.225 e. The normalized spacial score (nSPS) is 15.0. The van der Waals surface area contributed by atoms with Gasteiger partial charge in [-0.3, -0.25) is 0 Å². The number of aliphatic hydroxyl groups is 1. The van der Waals surface area contributed by atoms with E-state index >= 15 is 0 Å². The zero-order chi connectivity index (χ0) is 14.9. The Bertz CT molecular complexity index is 395. The van der Waals surface area contributed by atoms with Crippen LogP contribution < -0.4 is 10.2 Å². The summed E-state index contributed by atoms with van der Waals surface area (Å²) in [6, 6.07) is 0.544. The van der Waals surface area contributed by atoms with Crippen LogP contribution in [0.15, 0.2) is 12.4 Å². The molecule has 0 unspecified atom stereocenters. The van der Waals surface area contributed by atoms with Crippen LogP contribution >= 0.6 is 0 Å². The maximum absolute atomic E-state index is 9.03. The lowest BCUT2D eigenvalue weighted by atomic mass is 9.91. The molecule has 0 amide bonds. The van der Waals surface area contributed by atoms with Crippen molar-refractivity contribution >= 4 is 5.95 Å². The summed E-state index contributed by atoms with van der Waals surface area (Å²) in [7, 11) is 1.70. The van der Waals surface area contributed by atoms with Crippen LogP contribution in [-0.2, 0) is 11.3 Å². The van der Waals surface area contributed by atoms with Crippen molar-refractivity contribution in [2.45, 2.75) is 38.3 Å². The quantitative estimate of drug-likeness (QED) is 0.626. The highest BCUT2D eigenvalue weighted by Gasteiger charge is 2.26. The van der Waals surface area contributed by atoms with Crippen LogP contribution in [0.1, 0.15) is 31.2 Å². The Kier molecular flexibility index (Phi) is 6.85. The van der Waals surface area contributed by atoms with Crippen LogP contribution in [0.5, 0.6) is 0 Å². The molecule has 0 radical (unpaired) electrons. The van der Waals surface area contributed by atoms with Gasteiger partial charge in [-0.2, -0.15) is 0 Å². The molecule has 1 fully saturated rings. The number of rotatable bonds is 10. The summed E-state index contributed by atoms with van der Waals surface area (Å²) in [5.74, 6) is 0.786. The molecule has 0 atom stereocenters. The van der Waals surface area contributed by atoms with Gasteiger partial charge in [-0.05, 0) is 25.7 Å². The van der Waals surface area contributed by atoms with Crippen molar-refractivity contribution in [3.8, 4) is 0 Å². The van der Waals surface area contributed by atoms with Gasteiger partial charge in [0.15, 0.2) is 0 Å². The number of nitrogens with one attached hydrogen (secondary N) is 1. The summed E-state index contributed by atoms with van der Waals surface area (Å²) in [5, 5.41) is 12.3. The van der Waals surface area contributed by atoms with Gasteiger partial charge in [0.2, 0.25) is 5.95 Å². The van der Waals surface area contributed by atoms with E-state index in [1.807, 2.05) is 12.4 Å². The molecule has 6 heteroatoms. The summed E-state index contributed by atoms with van der Waals surface area (Å²) in [5.41, 5.74) is 1.07. The van der Waals surface area contributed by atoms with Crippen LogP contribution in [0.2, 0.25) is 0 Å². The van der Waals surface area contributed by atoms with Gasteiger partial charge in [0.05, 0.1) is 6.61 Å². The fourth-order valence-corrected chi connectivity index (χ4v) is 2.38. The van der Waals surface area contributed by atoms with Crippen LogP contribution in [0.3, 0.4) is 0 Å². The molecule has 0 saturated heterocycles. The molecule has 0 aliphatic heterocycles. The van der Waals surface area contributed by atoms with E-state index in [9.17, 15) is 0 Å². The Morgan fingerprint density at radius 1 is 1.38 bits per heavy atom. The van der Waals surface area contributed by atoms with Gasteiger partial charge in [-0.25, -0.2) is 9.97 Å². The van der Waals surface area contributed by atoms with Crippen molar-refractivity contribution in [3.63, 3.8) is 0 Å². The van der Waals surface area contributed by atoms with E-state index in [1.54, 1.807) is 7.11 Å². The molecule has 1 aliphatic rings. The topological polar surface area (TPSA) is 70.5 Å². The van der Waals surface area contributed by atoms with Gasteiger partial charge in [0.25, 0.3) is 0 Å². The van der Waals surface area contributed by atoms with E-state index in [-0.39, 0.29) is 6.61 Å². The fourth-order valence-electron chi connectivity index (χ4n) is 2.38. The van der Waals surface area contributed by atoms with Crippen molar-refractivity contribution in [3.05, 3.63) is 18.0 Å². The molecule has 6 nitrogen and oxygen atoms in total. The second kappa shape index (κ2) is 8.92.